The third-order valence-electron chi connectivity index (χ3n) is 2.11. The summed E-state index contributed by atoms with van der Waals surface area (Å²) in [6, 6.07) is 8.51. The molecule has 0 fully saturated rings. The second-order valence-electron chi connectivity index (χ2n) is 3.05. The number of aromatic nitrogens is 2. The first-order valence-corrected chi connectivity index (χ1v) is 4.50. The van der Waals surface area contributed by atoms with Crippen molar-refractivity contribution in [1.29, 1.82) is 5.26 Å². The first-order chi connectivity index (χ1) is 7.74. The third kappa shape index (κ3) is 1.53. The van der Waals surface area contributed by atoms with Crippen molar-refractivity contribution in [2.24, 2.45) is 0 Å². The van der Waals surface area contributed by atoms with Crippen LogP contribution in [0.5, 0.6) is 0 Å². The van der Waals surface area contributed by atoms with Gasteiger partial charge in [-0.2, -0.15) is 5.26 Å². The summed E-state index contributed by atoms with van der Waals surface area (Å²) in [5, 5.41) is 17.8. The van der Waals surface area contributed by atoms with Crippen LogP contribution in [0.3, 0.4) is 0 Å². The van der Waals surface area contributed by atoms with Crippen molar-refractivity contribution in [1.82, 2.24) is 9.55 Å². The molecule has 5 heteroatoms. The Balaban J connectivity index is 2.66. The van der Waals surface area contributed by atoms with E-state index >= 15 is 0 Å². The minimum atomic E-state index is -1.12. The summed E-state index contributed by atoms with van der Waals surface area (Å²) in [6.07, 6.45) is 3.03. The normalized spacial score (nSPS) is 9.69. The van der Waals surface area contributed by atoms with Crippen LogP contribution in [0.1, 0.15) is 16.2 Å². The fraction of sp³-hybridized carbons (Fsp3) is 0. The Bertz CT molecular complexity index is 581. The lowest BCUT2D eigenvalue weighted by atomic mass is 10.3. The van der Waals surface area contributed by atoms with Crippen molar-refractivity contribution in [3.8, 4) is 11.8 Å². The van der Waals surface area contributed by atoms with E-state index in [1.165, 1.54) is 10.8 Å². The van der Waals surface area contributed by atoms with Crippen molar-refractivity contribution in [3.63, 3.8) is 0 Å². The van der Waals surface area contributed by atoms with E-state index in [1.54, 1.807) is 30.5 Å². The second-order valence-corrected chi connectivity index (χ2v) is 3.05. The molecule has 0 unspecified atom stereocenters. The number of carbonyl (C=O) groups is 1. The van der Waals surface area contributed by atoms with Crippen LogP contribution < -0.4 is 0 Å². The predicted molar refractivity (Wildman–Crippen MR) is 55.2 cm³/mol. The summed E-state index contributed by atoms with van der Waals surface area (Å²) in [4.78, 5) is 14.7. The van der Waals surface area contributed by atoms with Gasteiger partial charge in [-0.05, 0) is 24.3 Å². The molecule has 0 aliphatic rings. The molecule has 0 aliphatic carbocycles. The van der Waals surface area contributed by atoms with Gasteiger partial charge in [0.15, 0.2) is 5.69 Å². The van der Waals surface area contributed by atoms with Gasteiger partial charge in [-0.1, -0.05) is 0 Å². The van der Waals surface area contributed by atoms with E-state index in [0.717, 1.165) is 0 Å². The van der Waals surface area contributed by atoms with Crippen LogP contribution >= 0.6 is 0 Å². The summed E-state index contributed by atoms with van der Waals surface area (Å²) >= 11 is 0. The fourth-order valence-corrected chi connectivity index (χ4v) is 1.44. The van der Waals surface area contributed by atoms with Crippen LogP contribution in [0.25, 0.3) is 5.69 Å². The van der Waals surface area contributed by atoms with E-state index in [2.05, 4.69) is 4.98 Å². The molecule has 2 rings (SSSR count). The Morgan fingerprint density at radius 1 is 1.44 bits per heavy atom. The third-order valence-corrected chi connectivity index (χ3v) is 2.11. The first-order valence-electron chi connectivity index (χ1n) is 4.50. The van der Waals surface area contributed by atoms with Gasteiger partial charge in [-0.3, -0.25) is 0 Å². The molecule has 0 atom stereocenters. The van der Waals surface area contributed by atoms with E-state index in [0.29, 0.717) is 11.4 Å². The van der Waals surface area contributed by atoms with Gasteiger partial charge in [0.2, 0.25) is 0 Å². The molecule has 0 amide bonds. The van der Waals surface area contributed by atoms with Gasteiger partial charge in [0, 0.05) is 12.4 Å². The van der Waals surface area contributed by atoms with Gasteiger partial charge < -0.3 is 9.67 Å². The summed E-state index contributed by atoms with van der Waals surface area (Å²) in [6.45, 7) is 0. The standard InChI is InChI=1S/C11H7N3O2/c12-7-8-3-2-6-14(8)9-4-1-5-13-10(9)11(15)16/h1-6H,(H,15,16). The monoisotopic (exact) mass is 213 g/mol. The van der Waals surface area contributed by atoms with Gasteiger partial charge in [0.25, 0.3) is 0 Å². The van der Waals surface area contributed by atoms with Crippen molar-refractivity contribution < 1.29 is 9.90 Å². The lowest BCUT2D eigenvalue weighted by molar-refractivity contribution is 0.0690. The molecule has 0 aromatic carbocycles. The maximum absolute atomic E-state index is 11.0. The zero-order valence-electron chi connectivity index (χ0n) is 8.16. The summed E-state index contributed by atoms with van der Waals surface area (Å²) in [5.41, 5.74) is 0.683. The molecule has 0 bridgehead atoms. The Labute approximate surface area is 91.2 Å². The maximum atomic E-state index is 11.0. The summed E-state index contributed by atoms with van der Waals surface area (Å²) < 4.78 is 1.50. The van der Waals surface area contributed by atoms with E-state index < -0.39 is 5.97 Å². The average Bonchev–Trinajstić information content (AvgIpc) is 2.76. The largest absolute Gasteiger partial charge is 0.476 e. The summed E-state index contributed by atoms with van der Waals surface area (Å²) in [7, 11) is 0. The van der Waals surface area contributed by atoms with Crippen LogP contribution in [0.15, 0.2) is 36.7 Å². The quantitative estimate of drug-likeness (QED) is 0.818. The molecule has 0 spiro atoms. The number of pyridine rings is 1. The molecule has 0 saturated heterocycles. The molecule has 0 aliphatic heterocycles. The number of carboxylic acid groups (broad SMARTS) is 1. The molecule has 2 heterocycles. The molecule has 0 saturated carbocycles. The minimum absolute atomic E-state index is 0.0739. The molecule has 16 heavy (non-hydrogen) atoms. The van der Waals surface area contributed by atoms with Crippen LogP contribution in [0, 0.1) is 11.3 Å². The average molecular weight is 213 g/mol. The van der Waals surface area contributed by atoms with Crippen molar-refractivity contribution in [2.75, 3.05) is 0 Å². The van der Waals surface area contributed by atoms with Crippen LogP contribution in [0.2, 0.25) is 0 Å². The van der Waals surface area contributed by atoms with E-state index in [4.69, 9.17) is 10.4 Å². The number of rotatable bonds is 2. The number of nitrogens with zero attached hydrogens (tertiary/aromatic N) is 3. The van der Waals surface area contributed by atoms with Crippen molar-refractivity contribution in [2.45, 2.75) is 0 Å². The van der Waals surface area contributed by atoms with Crippen LogP contribution in [-0.2, 0) is 0 Å². The highest BCUT2D eigenvalue weighted by atomic mass is 16.4. The Morgan fingerprint density at radius 2 is 2.25 bits per heavy atom. The molecule has 2 aromatic rings. The summed E-state index contributed by atoms with van der Waals surface area (Å²) in [5.74, 6) is -1.12. The van der Waals surface area contributed by atoms with Gasteiger partial charge in [-0.15, -0.1) is 0 Å². The van der Waals surface area contributed by atoms with Crippen LogP contribution in [-0.4, -0.2) is 20.6 Å². The molecule has 78 valence electrons. The highest BCUT2D eigenvalue weighted by molar-refractivity contribution is 5.89. The van der Waals surface area contributed by atoms with Crippen LogP contribution in [0.4, 0.5) is 0 Å². The zero-order valence-corrected chi connectivity index (χ0v) is 8.16. The number of nitriles is 1. The number of hydrogen-bond donors (Lipinski definition) is 1. The zero-order chi connectivity index (χ0) is 11.5. The van der Waals surface area contributed by atoms with E-state index in [1.807, 2.05) is 6.07 Å². The number of aromatic carboxylic acids is 1. The highest BCUT2D eigenvalue weighted by Crippen LogP contribution is 2.15. The van der Waals surface area contributed by atoms with E-state index in [-0.39, 0.29) is 5.69 Å². The SMILES string of the molecule is N#Cc1cccn1-c1cccnc1C(=O)O. The predicted octanol–water partition coefficient (Wildman–Crippen LogP) is 1.44. The smallest absolute Gasteiger partial charge is 0.356 e. The van der Waals surface area contributed by atoms with Gasteiger partial charge in [0.1, 0.15) is 11.8 Å². The maximum Gasteiger partial charge on any atom is 0.356 e. The molecular weight excluding hydrogens is 206 g/mol. The van der Waals surface area contributed by atoms with E-state index in [9.17, 15) is 4.79 Å². The van der Waals surface area contributed by atoms with Crippen molar-refractivity contribution >= 4 is 5.97 Å². The highest BCUT2D eigenvalue weighted by Gasteiger charge is 2.13. The lowest BCUT2D eigenvalue weighted by Gasteiger charge is -2.06. The molecule has 2 aromatic heterocycles. The van der Waals surface area contributed by atoms with Gasteiger partial charge in [0.05, 0.1) is 5.69 Å². The number of carboxylic acids is 1. The van der Waals surface area contributed by atoms with Gasteiger partial charge >= 0.3 is 5.97 Å². The Hall–Kier alpha value is -2.61. The minimum Gasteiger partial charge on any atom is -0.476 e. The molecular formula is C11H7N3O2. The second kappa shape index (κ2) is 3.87. The lowest BCUT2D eigenvalue weighted by Crippen LogP contribution is -2.08. The van der Waals surface area contributed by atoms with Crippen molar-refractivity contribution in [3.05, 3.63) is 48.0 Å². The topological polar surface area (TPSA) is 78.9 Å². The number of hydrogen-bond acceptors (Lipinski definition) is 3. The molecule has 5 nitrogen and oxygen atoms in total. The first kappa shape index (κ1) is 9.93. The Kier molecular flexibility index (Phi) is 2.40. The molecule has 1 N–H and O–H groups in total. The Morgan fingerprint density at radius 3 is 2.94 bits per heavy atom. The van der Waals surface area contributed by atoms with Gasteiger partial charge in [-0.25, -0.2) is 9.78 Å². The fourth-order valence-electron chi connectivity index (χ4n) is 1.44. The molecule has 0 radical (unpaired) electrons.